The van der Waals surface area contributed by atoms with Crippen molar-refractivity contribution in [3.8, 4) is 0 Å². The van der Waals surface area contributed by atoms with Gasteiger partial charge in [-0.2, -0.15) is 26.3 Å². The molecule has 0 amide bonds. The van der Waals surface area contributed by atoms with E-state index >= 15 is 0 Å². The molecule has 1 aliphatic heterocycles. The predicted molar refractivity (Wildman–Crippen MR) is 89.8 cm³/mol. The molecule has 1 saturated heterocycles. The number of piperidine rings is 1. The summed E-state index contributed by atoms with van der Waals surface area (Å²) in [5.74, 6) is -1.60. The number of hydrogen-bond donors (Lipinski definition) is 0. The number of nitro benzene ring substituents is 1. The summed E-state index contributed by atoms with van der Waals surface area (Å²) in [6.07, 6.45) is -7.92. The van der Waals surface area contributed by atoms with Crippen LogP contribution >= 0.6 is 12.2 Å². The van der Waals surface area contributed by atoms with Crippen LogP contribution in [0.1, 0.15) is 30.7 Å². The van der Waals surface area contributed by atoms with Gasteiger partial charge in [-0.1, -0.05) is 0 Å². The van der Waals surface area contributed by atoms with Crippen LogP contribution in [0.3, 0.4) is 0 Å². The fraction of sp³-hybridized carbons (Fsp3) is 0.467. The molecule has 1 aromatic carbocycles. The Kier molecular flexibility index (Phi) is 4.98. The predicted octanol–water partition coefficient (Wildman–Crippen LogP) is 4.60. The van der Waals surface area contributed by atoms with Crippen molar-refractivity contribution in [3.63, 3.8) is 0 Å². The SMILES string of the molecule is O=[N+]([O-])c1cc(C(F)(F)F)cc2c1nc(C(F)(F)F)n2C(=S)N1CCCCC1. The molecule has 28 heavy (non-hydrogen) atoms. The van der Waals surface area contributed by atoms with E-state index in [2.05, 4.69) is 4.98 Å². The van der Waals surface area contributed by atoms with Crippen LogP contribution < -0.4 is 0 Å². The van der Waals surface area contributed by atoms with Crippen molar-refractivity contribution in [1.29, 1.82) is 0 Å². The second-order valence-electron chi connectivity index (χ2n) is 6.22. The summed E-state index contributed by atoms with van der Waals surface area (Å²) in [4.78, 5) is 14.7. The molecule has 2 heterocycles. The topological polar surface area (TPSA) is 64.2 Å². The van der Waals surface area contributed by atoms with Gasteiger partial charge in [-0.3, -0.25) is 14.7 Å². The summed E-state index contributed by atoms with van der Waals surface area (Å²) in [6, 6.07) is 0.574. The van der Waals surface area contributed by atoms with Gasteiger partial charge in [-0.05, 0) is 37.5 Å². The second-order valence-corrected chi connectivity index (χ2v) is 6.58. The molecule has 152 valence electrons. The summed E-state index contributed by atoms with van der Waals surface area (Å²) in [5, 5.41) is 10.8. The lowest BCUT2D eigenvalue weighted by atomic mass is 10.1. The maximum atomic E-state index is 13.5. The Hall–Kier alpha value is -2.44. The van der Waals surface area contributed by atoms with Crippen molar-refractivity contribution in [2.24, 2.45) is 0 Å². The third-order valence-corrected chi connectivity index (χ3v) is 4.78. The molecule has 2 aromatic rings. The van der Waals surface area contributed by atoms with E-state index in [1.165, 1.54) is 4.90 Å². The molecule has 0 unspecified atom stereocenters. The van der Waals surface area contributed by atoms with Crippen molar-refractivity contribution < 1.29 is 31.3 Å². The number of benzene rings is 1. The standard InChI is InChI=1S/C15H12F6N4O2S/c16-14(17,18)8-6-9-11(10(7-8)25(26)27)22-12(15(19,20)21)24(9)13(28)23-4-2-1-3-5-23/h6-7H,1-5H2. The number of rotatable bonds is 1. The van der Waals surface area contributed by atoms with Crippen LogP contribution in [-0.4, -0.2) is 37.6 Å². The molecule has 0 N–H and O–H groups in total. The van der Waals surface area contributed by atoms with Gasteiger partial charge in [0.1, 0.15) is 0 Å². The molecule has 6 nitrogen and oxygen atoms in total. The zero-order chi connectivity index (χ0) is 20.9. The van der Waals surface area contributed by atoms with Crippen molar-refractivity contribution >= 4 is 34.1 Å². The molecule has 0 saturated carbocycles. The van der Waals surface area contributed by atoms with Gasteiger partial charge in [-0.15, -0.1) is 0 Å². The van der Waals surface area contributed by atoms with E-state index in [-0.39, 0.29) is 11.2 Å². The van der Waals surface area contributed by atoms with Gasteiger partial charge in [0, 0.05) is 19.2 Å². The Morgan fingerprint density at radius 2 is 1.68 bits per heavy atom. The van der Waals surface area contributed by atoms with E-state index < -0.39 is 45.4 Å². The molecule has 0 atom stereocenters. The number of halogens is 6. The number of nitro groups is 1. The van der Waals surface area contributed by atoms with Gasteiger partial charge >= 0.3 is 12.4 Å². The number of thiocarbonyl (C=S) groups is 1. The fourth-order valence-electron chi connectivity index (χ4n) is 3.07. The van der Waals surface area contributed by atoms with Crippen LogP contribution in [0.5, 0.6) is 0 Å². The van der Waals surface area contributed by atoms with Gasteiger partial charge in [0.05, 0.1) is 16.0 Å². The van der Waals surface area contributed by atoms with Crippen LogP contribution in [0, 0.1) is 10.1 Å². The average molecular weight is 426 g/mol. The van der Waals surface area contributed by atoms with E-state index in [9.17, 15) is 36.5 Å². The lowest BCUT2D eigenvalue weighted by Crippen LogP contribution is -2.39. The van der Waals surface area contributed by atoms with Gasteiger partial charge in [0.15, 0.2) is 10.6 Å². The minimum absolute atomic E-state index is 0.170. The lowest BCUT2D eigenvalue weighted by molar-refractivity contribution is -0.383. The van der Waals surface area contributed by atoms with E-state index in [1.54, 1.807) is 0 Å². The van der Waals surface area contributed by atoms with E-state index in [0.717, 1.165) is 6.42 Å². The number of imidazole rings is 1. The highest BCUT2D eigenvalue weighted by molar-refractivity contribution is 7.80. The Labute approximate surface area is 158 Å². The van der Waals surface area contributed by atoms with Crippen molar-refractivity contribution in [1.82, 2.24) is 14.5 Å². The smallest absolute Gasteiger partial charge is 0.349 e. The molecule has 0 spiro atoms. The van der Waals surface area contributed by atoms with Gasteiger partial charge in [-0.25, -0.2) is 4.98 Å². The van der Waals surface area contributed by atoms with E-state index in [1.807, 2.05) is 0 Å². The minimum atomic E-state index is -5.08. The number of alkyl halides is 6. The highest BCUT2D eigenvalue weighted by atomic mass is 32.1. The van der Waals surface area contributed by atoms with Crippen molar-refractivity contribution in [3.05, 3.63) is 33.6 Å². The minimum Gasteiger partial charge on any atom is -0.349 e. The maximum Gasteiger partial charge on any atom is 0.450 e. The number of hydrogen-bond acceptors (Lipinski definition) is 4. The lowest BCUT2D eigenvalue weighted by Gasteiger charge is -2.30. The van der Waals surface area contributed by atoms with Crippen molar-refractivity contribution in [2.75, 3.05) is 13.1 Å². The molecule has 0 aliphatic carbocycles. The highest BCUT2D eigenvalue weighted by Crippen LogP contribution is 2.39. The largest absolute Gasteiger partial charge is 0.450 e. The molecule has 1 aromatic heterocycles. The first-order chi connectivity index (χ1) is 12.9. The van der Waals surface area contributed by atoms with Crippen LogP contribution in [0.4, 0.5) is 32.0 Å². The monoisotopic (exact) mass is 426 g/mol. The Morgan fingerprint density at radius 1 is 1.07 bits per heavy atom. The summed E-state index contributed by atoms with van der Waals surface area (Å²) >= 11 is 5.12. The zero-order valence-electron chi connectivity index (χ0n) is 14.0. The summed E-state index contributed by atoms with van der Waals surface area (Å²) in [7, 11) is 0. The molecule has 3 rings (SSSR count). The molecule has 13 heteroatoms. The Morgan fingerprint density at radius 3 is 2.18 bits per heavy atom. The quantitative estimate of drug-likeness (QED) is 0.289. The molecule has 0 radical (unpaired) electrons. The van der Waals surface area contributed by atoms with Gasteiger partial charge in [0.25, 0.3) is 5.69 Å². The Balaban J connectivity index is 2.34. The molecule has 1 fully saturated rings. The number of aromatic nitrogens is 2. The summed E-state index contributed by atoms with van der Waals surface area (Å²) < 4.78 is 80.5. The van der Waals surface area contributed by atoms with E-state index in [0.29, 0.717) is 36.6 Å². The van der Waals surface area contributed by atoms with Crippen LogP contribution in [-0.2, 0) is 12.4 Å². The highest BCUT2D eigenvalue weighted by Gasteiger charge is 2.42. The Bertz CT molecular complexity index is 947. The number of likely N-dealkylation sites (tertiary alicyclic amines) is 1. The second kappa shape index (κ2) is 6.87. The normalized spacial score (nSPS) is 15.9. The number of nitrogens with zero attached hydrogens (tertiary/aromatic N) is 4. The fourth-order valence-corrected chi connectivity index (χ4v) is 3.44. The molecule has 1 aliphatic rings. The first-order valence-corrected chi connectivity index (χ1v) is 8.46. The van der Waals surface area contributed by atoms with Crippen LogP contribution in [0.2, 0.25) is 0 Å². The first-order valence-electron chi connectivity index (χ1n) is 8.06. The van der Waals surface area contributed by atoms with Gasteiger partial charge < -0.3 is 4.90 Å². The molecular formula is C15H12F6N4O2S. The number of non-ortho nitro benzene ring substituents is 1. The van der Waals surface area contributed by atoms with Gasteiger partial charge in [0.2, 0.25) is 5.82 Å². The third kappa shape index (κ3) is 3.62. The maximum absolute atomic E-state index is 13.5. The third-order valence-electron chi connectivity index (χ3n) is 4.34. The molecule has 0 bridgehead atoms. The number of fused-ring (bicyclic) bond motifs is 1. The van der Waals surface area contributed by atoms with Crippen LogP contribution in [0.25, 0.3) is 11.0 Å². The van der Waals surface area contributed by atoms with E-state index in [4.69, 9.17) is 12.2 Å². The van der Waals surface area contributed by atoms with Crippen LogP contribution in [0.15, 0.2) is 12.1 Å². The zero-order valence-corrected chi connectivity index (χ0v) is 14.8. The first kappa shape index (κ1) is 20.3. The average Bonchev–Trinajstić information content (AvgIpc) is 3.00. The molecular weight excluding hydrogens is 414 g/mol. The summed E-state index contributed by atoms with van der Waals surface area (Å²) in [5.41, 5.74) is -4.13. The summed E-state index contributed by atoms with van der Waals surface area (Å²) in [6.45, 7) is 0.660. The van der Waals surface area contributed by atoms with Crippen molar-refractivity contribution in [2.45, 2.75) is 31.6 Å².